The van der Waals surface area contributed by atoms with Crippen LogP contribution >= 0.6 is 0 Å². The Bertz CT molecular complexity index is 432. The van der Waals surface area contributed by atoms with Crippen molar-refractivity contribution in [2.24, 2.45) is 0 Å². The molecular formula is C11H12N2O8. The number of hydrogen-bond donors (Lipinski definition) is 1. The largest absolute Gasteiger partial charge is 0.478 e. The van der Waals surface area contributed by atoms with E-state index >= 15 is 0 Å². The quantitative estimate of drug-likeness (QED) is 0.313. The normalized spacial score (nSPS) is 17.9. The van der Waals surface area contributed by atoms with Crippen LogP contribution in [0.4, 0.5) is 0 Å². The van der Waals surface area contributed by atoms with E-state index in [1.54, 1.807) is 0 Å². The van der Waals surface area contributed by atoms with Crippen LogP contribution in [0.15, 0.2) is 12.7 Å². The van der Waals surface area contributed by atoms with Gasteiger partial charge in [0.15, 0.2) is 0 Å². The molecule has 2 aliphatic rings. The van der Waals surface area contributed by atoms with Gasteiger partial charge in [-0.2, -0.15) is 0 Å². The summed E-state index contributed by atoms with van der Waals surface area (Å²) in [5, 5.41) is 8.41. The maximum atomic E-state index is 11.1. The fraction of sp³-hybridized carbons (Fsp3) is 0.364. The molecule has 2 fully saturated rings. The molecule has 0 aliphatic carbocycles. The van der Waals surface area contributed by atoms with E-state index in [-0.39, 0.29) is 25.7 Å². The smallest absolute Gasteiger partial charge is 0.327 e. The first-order valence-corrected chi connectivity index (χ1v) is 5.78. The third-order valence-corrected chi connectivity index (χ3v) is 2.37. The van der Waals surface area contributed by atoms with Gasteiger partial charge in [-0.1, -0.05) is 16.6 Å². The molecule has 114 valence electrons. The van der Waals surface area contributed by atoms with Gasteiger partial charge in [0.2, 0.25) is 0 Å². The van der Waals surface area contributed by atoms with Crippen molar-refractivity contribution in [3.05, 3.63) is 12.7 Å². The van der Waals surface area contributed by atoms with Gasteiger partial charge in [-0.3, -0.25) is 19.2 Å². The second-order valence-electron chi connectivity index (χ2n) is 3.86. The molecule has 21 heavy (non-hydrogen) atoms. The highest BCUT2D eigenvalue weighted by Gasteiger charge is 2.36. The minimum absolute atomic E-state index is 0.0318. The highest BCUT2D eigenvalue weighted by atomic mass is 17.3. The standard InChI is InChI=1S/C8H8N2O6.C3H4O2/c11-5-1-2-6(12)9(5)15-16-10-7(13)3-4-8(10)14;1-2-3(4)5/h1-4H2;2H,1H2,(H,4,5). The number of amides is 4. The molecule has 1 N–H and O–H groups in total. The summed E-state index contributed by atoms with van der Waals surface area (Å²) >= 11 is 0. The van der Waals surface area contributed by atoms with Gasteiger partial charge in [0, 0.05) is 31.8 Å². The number of carbonyl (C=O) groups is 5. The highest BCUT2D eigenvalue weighted by molar-refractivity contribution is 6.01. The monoisotopic (exact) mass is 300 g/mol. The SMILES string of the molecule is C=CC(=O)O.O=C1CCC(=O)N1OON1C(=O)CCC1=O. The van der Waals surface area contributed by atoms with Crippen molar-refractivity contribution in [1.82, 2.24) is 10.1 Å². The van der Waals surface area contributed by atoms with E-state index in [0.717, 1.165) is 6.08 Å². The Labute approximate surface area is 118 Å². The second kappa shape index (κ2) is 7.26. The number of carboxylic acid groups (broad SMARTS) is 1. The number of aliphatic carboxylic acids is 1. The van der Waals surface area contributed by atoms with Crippen LogP contribution in [-0.4, -0.2) is 44.8 Å². The van der Waals surface area contributed by atoms with Crippen molar-refractivity contribution >= 4 is 29.6 Å². The lowest BCUT2D eigenvalue weighted by Gasteiger charge is -2.15. The number of hydrogen-bond acceptors (Lipinski definition) is 7. The highest BCUT2D eigenvalue weighted by Crippen LogP contribution is 2.16. The van der Waals surface area contributed by atoms with Gasteiger partial charge in [-0.25, -0.2) is 4.79 Å². The summed E-state index contributed by atoms with van der Waals surface area (Å²) in [6, 6.07) is 0. The van der Waals surface area contributed by atoms with Gasteiger partial charge < -0.3 is 5.11 Å². The van der Waals surface area contributed by atoms with Crippen LogP contribution in [-0.2, 0) is 33.9 Å². The molecule has 4 amide bonds. The Morgan fingerprint density at radius 3 is 1.33 bits per heavy atom. The van der Waals surface area contributed by atoms with E-state index in [0.29, 0.717) is 10.1 Å². The van der Waals surface area contributed by atoms with Crippen LogP contribution in [0.3, 0.4) is 0 Å². The predicted molar refractivity (Wildman–Crippen MR) is 62.2 cm³/mol. The van der Waals surface area contributed by atoms with Crippen molar-refractivity contribution in [2.45, 2.75) is 25.7 Å². The van der Waals surface area contributed by atoms with Crippen molar-refractivity contribution in [3.63, 3.8) is 0 Å². The first-order chi connectivity index (χ1) is 9.86. The van der Waals surface area contributed by atoms with Crippen LogP contribution in [0, 0.1) is 0 Å². The summed E-state index contributed by atoms with van der Waals surface area (Å²) in [6.07, 6.45) is 0.961. The van der Waals surface area contributed by atoms with Crippen molar-refractivity contribution < 1.29 is 39.1 Å². The minimum Gasteiger partial charge on any atom is -0.478 e. The van der Waals surface area contributed by atoms with Gasteiger partial charge in [-0.05, 0) is 0 Å². The summed E-state index contributed by atoms with van der Waals surface area (Å²) in [4.78, 5) is 62.2. The van der Waals surface area contributed by atoms with Gasteiger partial charge in [0.1, 0.15) is 0 Å². The van der Waals surface area contributed by atoms with Crippen molar-refractivity contribution in [2.75, 3.05) is 0 Å². The van der Waals surface area contributed by atoms with Crippen molar-refractivity contribution in [1.29, 1.82) is 0 Å². The lowest BCUT2D eigenvalue weighted by molar-refractivity contribution is -0.464. The first kappa shape index (κ1) is 16.5. The third kappa shape index (κ3) is 4.47. The molecule has 2 heterocycles. The fourth-order valence-corrected chi connectivity index (χ4v) is 1.35. The maximum Gasteiger partial charge on any atom is 0.327 e. The lowest BCUT2D eigenvalue weighted by Crippen LogP contribution is -2.36. The molecule has 0 aromatic rings. The maximum absolute atomic E-state index is 11.1. The molecule has 0 spiro atoms. The average molecular weight is 300 g/mol. The number of nitrogens with zero attached hydrogens (tertiary/aromatic N) is 2. The number of carboxylic acids is 1. The van der Waals surface area contributed by atoms with Crippen LogP contribution in [0.5, 0.6) is 0 Å². The summed E-state index contributed by atoms with van der Waals surface area (Å²) < 4.78 is 0. The van der Waals surface area contributed by atoms with E-state index in [2.05, 4.69) is 16.6 Å². The summed E-state index contributed by atoms with van der Waals surface area (Å²) in [5.74, 6) is -3.24. The summed E-state index contributed by atoms with van der Waals surface area (Å²) in [5.41, 5.74) is 0. The molecule has 0 radical (unpaired) electrons. The molecule has 0 bridgehead atoms. The van der Waals surface area contributed by atoms with E-state index in [1.807, 2.05) is 0 Å². The first-order valence-electron chi connectivity index (χ1n) is 5.78. The molecule has 10 heteroatoms. The molecule has 0 atom stereocenters. The van der Waals surface area contributed by atoms with Crippen LogP contribution in [0.2, 0.25) is 0 Å². The van der Waals surface area contributed by atoms with E-state index < -0.39 is 29.6 Å². The third-order valence-electron chi connectivity index (χ3n) is 2.37. The van der Waals surface area contributed by atoms with E-state index in [1.165, 1.54) is 0 Å². The zero-order chi connectivity index (χ0) is 16.0. The zero-order valence-electron chi connectivity index (χ0n) is 10.8. The topological polar surface area (TPSA) is 131 Å². The molecule has 0 aromatic carbocycles. The van der Waals surface area contributed by atoms with E-state index in [9.17, 15) is 24.0 Å². The molecule has 2 saturated heterocycles. The Morgan fingerprint density at radius 1 is 0.905 bits per heavy atom. The predicted octanol–water partition coefficient (Wildman–Crippen LogP) is -0.680. The lowest BCUT2D eigenvalue weighted by atomic mass is 10.4. The fourth-order valence-electron chi connectivity index (χ4n) is 1.35. The van der Waals surface area contributed by atoms with Gasteiger partial charge in [-0.15, -0.1) is 10.1 Å². The second-order valence-corrected chi connectivity index (χ2v) is 3.86. The van der Waals surface area contributed by atoms with Crippen LogP contribution < -0.4 is 0 Å². The Morgan fingerprint density at radius 2 is 1.14 bits per heavy atom. The van der Waals surface area contributed by atoms with Crippen LogP contribution in [0.25, 0.3) is 0 Å². The van der Waals surface area contributed by atoms with E-state index in [4.69, 9.17) is 5.11 Å². The summed E-state index contributed by atoms with van der Waals surface area (Å²) in [6.45, 7) is 2.96. The molecular weight excluding hydrogens is 288 g/mol. The molecule has 0 saturated carbocycles. The Balaban J connectivity index is 0.000000383. The van der Waals surface area contributed by atoms with Gasteiger partial charge in [0.25, 0.3) is 23.6 Å². The number of imide groups is 2. The molecule has 2 aliphatic heterocycles. The number of rotatable bonds is 4. The van der Waals surface area contributed by atoms with Crippen LogP contribution in [0.1, 0.15) is 25.7 Å². The number of hydroxylamine groups is 4. The van der Waals surface area contributed by atoms with Gasteiger partial charge in [0.05, 0.1) is 0 Å². The zero-order valence-corrected chi connectivity index (χ0v) is 10.8. The minimum atomic E-state index is -0.981. The van der Waals surface area contributed by atoms with Gasteiger partial charge >= 0.3 is 5.97 Å². The van der Waals surface area contributed by atoms with Crippen molar-refractivity contribution in [3.8, 4) is 0 Å². The molecule has 10 nitrogen and oxygen atoms in total. The Kier molecular flexibility index (Phi) is 5.69. The molecule has 2 rings (SSSR count). The summed E-state index contributed by atoms with van der Waals surface area (Å²) in [7, 11) is 0. The number of carbonyl (C=O) groups excluding carboxylic acids is 4. The molecule has 0 aromatic heterocycles. The Hall–Kier alpha value is -2.59. The average Bonchev–Trinajstić information content (AvgIpc) is 2.93. The molecule has 0 unspecified atom stereocenters.